The van der Waals surface area contributed by atoms with Gasteiger partial charge in [0.15, 0.2) is 5.82 Å². The largest absolute Gasteiger partial charge is 0.490 e. The Morgan fingerprint density at radius 2 is 1.55 bits per heavy atom. The Labute approximate surface area is 202 Å². The van der Waals surface area contributed by atoms with Crippen LogP contribution in [-0.2, 0) is 6.42 Å². The molecule has 3 rings (SSSR count). The summed E-state index contributed by atoms with van der Waals surface area (Å²) in [5.74, 6) is 3.40. The van der Waals surface area contributed by atoms with E-state index in [1.165, 1.54) is 82.6 Å². The molecule has 2 aromatic rings. The SMILES string of the molecule is CCCCCCc1cnc(-c2ccc(OCC=CC3CCC(CCCCC)CC3)cc2)nc1. The first kappa shape index (κ1) is 25.5. The average molecular weight is 449 g/mol. The molecule has 1 aromatic heterocycles. The molecule has 0 atom stereocenters. The van der Waals surface area contributed by atoms with Crippen molar-refractivity contribution < 1.29 is 4.74 Å². The van der Waals surface area contributed by atoms with Gasteiger partial charge in [0, 0.05) is 18.0 Å². The van der Waals surface area contributed by atoms with Gasteiger partial charge in [-0.05, 0) is 80.2 Å². The fraction of sp³-hybridized carbons (Fsp3) is 0.600. The normalized spacial score (nSPS) is 18.6. The van der Waals surface area contributed by atoms with Crippen molar-refractivity contribution in [2.45, 2.75) is 97.3 Å². The molecule has 180 valence electrons. The lowest BCUT2D eigenvalue weighted by atomic mass is 9.79. The van der Waals surface area contributed by atoms with Crippen LogP contribution in [0.1, 0.15) is 96.5 Å². The van der Waals surface area contributed by atoms with Crippen molar-refractivity contribution in [2.75, 3.05) is 6.61 Å². The molecular formula is C30H44N2O. The predicted molar refractivity (Wildman–Crippen MR) is 140 cm³/mol. The summed E-state index contributed by atoms with van der Waals surface area (Å²) in [5, 5.41) is 0. The molecule has 0 spiro atoms. The lowest BCUT2D eigenvalue weighted by Gasteiger charge is -2.26. The van der Waals surface area contributed by atoms with Crippen molar-refractivity contribution in [1.82, 2.24) is 9.97 Å². The van der Waals surface area contributed by atoms with E-state index in [2.05, 4.69) is 48.1 Å². The first-order valence-corrected chi connectivity index (χ1v) is 13.5. The molecule has 0 N–H and O–H groups in total. The highest BCUT2D eigenvalue weighted by atomic mass is 16.5. The fourth-order valence-corrected chi connectivity index (χ4v) is 4.83. The zero-order valence-electron chi connectivity index (χ0n) is 21.0. The van der Waals surface area contributed by atoms with Crippen LogP contribution in [0.3, 0.4) is 0 Å². The van der Waals surface area contributed by atoms with Gasteiger partial charge in [-0.3, -0.25) is 0 Å². The molecule has 3 nitrogen and oxygen atoms in total. The fourth-order valence-electron chi connectivity index (χ4n) is 4.83. The summed E-state index contributed by atoms with van der Waals surface area (Å²) in [6.07, 6.45) is 25.8. The third-order valence-electron chi connectivity index (χ3n) is 7.00. The summed E-state index contributed by atoms with van der Waals surface area (Å²) < 4.78 is 5.93. The minimum atomic E-state index is 0.638. The number of rotatable bonds is 14. The van der Waals surface area contributed by atoms with Crippen LogP contribution in [0.25, 0.3) is 11.4 Å². The van der Waals surface area contributed by atoms with Gasteiger partial charge in [0.25, 0.3) is 0 Å². The van der Waals surface area contributed by atoms with Crippen molar-refractivity contribution in [3.8, 4) is 17.1 Å². The molecule has 1 aromatic carbocycles. The van der Waals surface area contributed by atoms with Gasteiger partial charge < -0.3 is 4.74 Å². The summed E-state index contributed by atoms with van der Waals surface area (Å²) >= 11 is 0. The van der Waals surface area contributed by atoms with Crippen molar-refractivity contribution in [2.24, 2.45) is 11.8 Å². The number of aryl methyl sites for hydroxylation is 1. The summed E-state index contributed by atoms with van der Waals surface area (Å²) in [5.41, 5.74) is 2.26. The molecule has 0 aliphatic heterocycles. The lowest BCUT2D eigenvalue weighted by molar-refractivity contribution is 0.288. The lowest BCUT2D eigenvalue weighted by Crippen LogP contribution is -2.13. The van der Waals surface area contributed by atoms with Crippen LogP contribution < -0.4 is 4.74 Å². The number of aromatic nitrogens is 2. The maximum Gasteiger partial charge on any atom is 0.159 e. The number of ether oxygens (including phenoxy) is 1. The highest BCUT2D eigenvalue weighted by Gasteiger charge is 2.18. The molecule has 0 bridgehead atoms. The zero-order chi connectivity index (χ0) is 23.1. The van der Waals surface area contributed by atoms with Crippen LogP contribution in [0.5, 0.6) is 5.75 Å². The minimum Gasteiger partial charge on any atom is -0.490 e. The summed E-state index contributed by atoms with van der Waals surface area (Å²) in [4.78, 5) is 9.14. The maximum atomic E-state index is 5.93. The van der Waals surface area contributed by atoms with E-state index in [1.807, 2.05) is 24.5 Å². The van der Waals surface area contributed by atoms with Gasteiger partial charge in [-0.25, -0.2) is 9.97 Å². The molecule has 0 radical (unpaired) electrons. The van der Waals surface area contributed by atoms with Gasteiger partial charge in [0.05, 0.1) is 0 Å². The second-order valence-corrected chi connectivity index (χ2v) is 9.77. The molecule has 1 aliphatic carbocycles. The van der Waals surface area contributed by atoms with Crippen molar-refractivity contribution in [1.29, 1.82) is 0 Å². The minimum absolute atomic E-state index is 0.638. The Morgan fingerprint density at radius 3 is 2.24 bits per heavy atom. The van der Waals surface area contributed by atoms with Gasteiger partial charge in [-0.1, -0.05) is 70.9 Å². The highest BCUT2D eigenvalue weighted by molar-refractivity contribution is 5.55. The first-order valence-electron chi connectivity index (χ1n) is 13.5. The van der Waals surface area contributed by atoms with Gasteiger partial charge in [-0.15, -0.1) is 0 Å². The van der Waals surface area contributed by atoms with E-state index in [0.29, 0.717) is 6.61 Å². The van der Waals surface area contributed by atoms with E-state index in [-0.39, 0.29) is 0 Å². The Bertz CT molecular complexity index is 789. The molecule has 3 heteroatoms. The number of allylic oxidation sites excluding steroid dienone is 1. The van der Waals surface area contributed by atoms with E-state index in [9.17, 15) is 0 Å². The number of unbranched alkanes of at least 4 members (excludes halogenated alkanes) is 5. The summed E-state index contributed by atoms with van der Waals surface area (Å²) in [6, 6.07) is 8.14. The van der Waals surface area contributed by atoms with Crippen molar-refractivity contribution in [3.05, 3.63) is 54.4 Å². The molecule has 1 saturated carbocycles. The van der Waals surface area contributed by atoms with E-state index in [4.69, 9.17) is 4.74 Å². The van der Waals surface area contributed by atoms with E-state index < -0.39 is 0 Å². The Morgan fingerprint density at radius 1 is 0.848 bits per heavy atom. The van der Waals surface area contributed by atoms with Gasteiger partial charge >= 0.3 is 0 Å². The van der Waals surface area contributed by atoms with Crippen molar-refractivity contribution >= 4 is 0 Å². The highest BCUT2D eigenvalue weighted by Crippen LogP contribution is 2.32. The first-order chi connectivity index (χ1) is 16.3. The Hall–Kier alpha value is -2.16. The summed E-state index contributed by atoms with van der Waals surface area (Å²) in [7, 11) is 0. The smallest absolute Gasteiger partial charge is 0.159 e. The van der Waals surface area contributed by atoms with Crippen LogP contribution in [0.15, 0.2) is 48.8 Å². The number of nitrogens with zero attached hydrogens (tertiary/aromatic N) is 2. The van der Waals surface area contributed by atoms with Crippen LogP contribution in [0.2, 0.25) is 0 Å². The van der Waals surface area contributed by atoms with E-state index in [0.717, 1.165) is 35.4 Å². The number of hydrogen-bond acceptors (Lipinski definition) is 3. The van der Waals surface area contributed by atoms with Crippen molar-refractivity contribution in [3.63, 3.8) is 0 Å². The maximum absolute atomic E-state index is 5.93. The van der Waals surface area contributed by atoms with Gasteiger partial charge in [-0.2, -0.15) is 0 Å². The molecule has 1 heterocycles. The van der Waals surface area contributed by atoms with E-state index in [1.54, 1.807) is 0 Å². The molecule has 1 aliphatic rings. The van der Waals surface area contributed by atoms with Crippen LogP contribution in [0.4, 0.5) is 0 Å². The quantitative estimate of drug-likeness (QED) is 0.214. The zero-order valence-corrected chi connectivity index (χ0v) is 21.0. The van der Waals surface area contributed by atoms with Crippen LogP contribution >= 0.6 is 0 Å². The second kappa shape index (κ2) is 14.9. The third-order valence-corrected chi connectivity index (χ3v) is 7.00. The Kier molecular flexibility index (Phi) is 11.5. The second-order valence-electron chi connectivity index (χ2n) is 9.77. The predicted octanol–water partition coefficient (Wildman–Crippen LogP) is 8.59. The third kappa shape index (κ3) is 9.31. The molecule has 0 unspecified atom stereocenters. The number of hydrogen-bond donors (Lipinski definition) is 0. The van der Waals surface area contributed by atoms with Gasteiger partial charge in [0.2, 0.25) is 0 Å². The standard InChI is InChI=1S/C30H44N2O/c1-3-5-7-9-12-27-23-31-30(32-24-27)28-18-20-29(21-19-28)33-22-10-13-26-16-14-25(15-17-26)11-8-6-4-2/h10,13,18-21,23-26H,3-9,11-12,14-17,22H2,1-2H3. The summed E-state index contributed by atoms with van der Waals surface area (Å²) in [6.45, 7) is 5.17. The molecule has 0 saturated heterocycles. The molecular weight excluding hydrogens is 404 g/mol. The van der Waals surface area contributed by atoms with Gasteiger partial charge in [0.1, 0.15) is 12.4 Å². The van der Waals surface area contributed by atoms with Crippen LogP contribution in [-0.4, -0.2) is 16.6 Å². The van der Waals surface area contributed by atoms with Crippen LogP contribution in [0, 0.1) is 11.8 Å². The topological polar surface area (TPSA) is 35.0 Å². The number of benzene rings is 1. The monoisotopic (exact) mass is 448 g/mol. The molecule has 1 fully saturated rings. The van der Waals surface area contributed by atoms with E-state index >= 15 is 0 Å². The molecule has 33 heavy (non-hydrogen) atoms. The molecule has 0 amide bonds. The Balaban J connectivity index is 1.36. The average Bonchev–Trinajstić information content (AvgIpc) is 2.86.